The summed E-state index contributed by atoms with van der Waals surface area (Å²) in [4.78, 5) is 16.8. The normalized spacial score (nSPS) is 25.8. The van der Waals surface area contributed by atoms with E-state index in [4.69, 9.17) is 9.47 Å². The summed E-state index contributed by atoms with van der Waals surface area (Å²) in [6, 6.07) is 17.2. The van der Waals surface area contributed by atoms with Gasteiger partial charge in [0.25, 0.3) is 0 Å². The van der Waals surface area contributed by atoms with E-state index in [0.717, 1.165) is 43.5 Å². The van der Waals surface area contributed by atoms with Gasteiger partial charge in [-0.15, -0.1) is 0 Å². The van der Waals surface area contributed by atoms with Crippen molar-refractivity contribution in [3.63, 3.8) is 0 Å². The summed E-state index contributed by atoms with van der Waals surface area (Å²) in [5.41, 5.74) is 2.63. The number of ether oxygens (including phenoxy) is 2. The zero-order valence-electron chi connectivity index (χ0n) is 21.4. The Morgan fingerprint density at radius 3 is 2.43 bits per heavy atom. The van der Waals surface area contributed by atoms with E-state index >= 15 is 0 Å². The smallest absolute Gasteiger partial charge is 0.248 e. The van der Waals surface area contributed by atoms with Gasteiger partial charge in [-0.3, -0.25) is 9.69 Å². The molecule has 1 amide bonds. The molecule has 1 N–H and O–H groups in total. The molecule has 0 bridgehead atoms. The monoisotopic (exact) mass is 480 g/mol. The van der Waals surface area contributed by atoms with Crippen molar-refractivity contribution in [2.45, 2.75) is 57.1 Å². The van der Waals surface area contributed by atoms with E-state index in [1.807, 2.05) is 18.2 Å². The molecule has 2 aromatic rings. The second kappa shape index (κ2) is 11.5. The maximum atomic E-state index is 12.7. The largest absolute Gasteiger partial charge is 0.490 e. The SMILES string of the molecule is COCC(=O)N1CCN(C2CCC(c3ccccc3)CC2)C[C@](O)(COc2ccc(C)c(C)c2)C1. The van der Waals surface area contributed by atoms with E-state index in [2.05, 4.69) is 49.1 Å². The Bertz CT molecular complexity index is 974. The van der Waals surface area contributed by atoms with Gasteiger partial charge in [0.1, 0.15) is 24.6 Å². The van der Waals surface area contributed by atoms with Crippen LogP contribution in [0, 0.1) is 13.8 Å². The van der Waals surface area contributed by atoms with Crippen molar-refractivity contribution in [2.75, 3.05) is 46.5 Å². The third-order valence-corrected chi connectivity index (χ3v) is 7.73. The Kier molecular flexibility index (Phi) is 8.47. The van der Waals surface area contributed by atoms with Gasteiger partial charge in [0.05, 0.1) is 6.54 Å². The van der Waals surface area contributed by atoms with E-state index in [-0.39, 0.29) is 25.7 Å². The number of rotatable bonds is 7. The van der Waals surface area contributed by atoms with Crippen molar-refractivity contribution in [2.24, 2.45) is 0 Å². The van der Waals surface area contributed by atoms with Crippen LogP contribution in [0.2, 0.25) is 0 Å². The standard InChI is InChI=1S/C29H40N2O4/c1-22-9-14-27(17-23(22)2)35-21-29(33)19-30(15-16-31(20-29)28(32)18-34-3)26-12-10-25(11-13-26)24-7-5-4-6-8-24/h4-9,14,17,25-26,33H,10-13,15-16,18-21H2,1-3H3/t25?,26?,29-/m1/s1. The molecule has 1 atom stereocenters. The molecular weight excluding hydrogens is 440 g/mol. The predicted molar refractivity (Wildman–Crippen MR) is 138 cm³/mol. The fraction of sp³-hybridized carbons (Fsp3) is 0.552. The van der Waals surface area contributed by atoms with Gasteiger partial charge in [-0.25, -0.2) is 0 Å². The number of benzene rings is 2. The lowest BCUT2D eigenvalue weighted by Gasteiger charge is -2.39. The molecule has 0 spiro atoms. The third kappa shape index (κ3) is 6.63. The number of hydrogen-bond donors (Lipinski definition) is 1. The highest BCUT2D eigenvalue weighted by Crippen LogP contribution is 2.35. The van der Waals surface area contributed by atoms with E-state index in [1.165, 1.54) is 18.2 Å². The Balaban J connectivity index is 1.45. The lowest BCUT2D eigenvalue weighted by molar-refractivity contribution is -0.138. The topological polar surface area (TPSA) is 62.2 Å². The highest BCUT2D eigenvalue weighted by molar-refractivity contribution is 5.77. The van der Waals surface area contributed by atoms with E-state index in [1.54, 1.807) is 4.90 Å². The van der Waals surface area contributed by atoms with Crippen LogP contribution in [0.5, 0.6) is 5.75 Å². The first-order chi connectivity index (χ1) is 16.9. The van der Waals surface area contributed by atoms with Crippen molar-refractivity contribution in [1.29, 1.82) is 0 Å². The Labute approximate surface area is 209 Å². The van der Waals surface area contributed by atoms with Crippen molar-refractivity contribution in [1.82, 2.24) is 9.80 Å². The van der Waals surface area contributed by atoms with Crippen LogP contribution in [-0.4, -0.2) is 79.0 Å². The van der Waals surface area contributed by atoms with Gasteiger partial charge in [-0.1, -0.05) is 36.4 Å². The van der Waals surface area contributed by atoms with Crippen LogP contribution in [0.15, 0.2) is 48.5 Å². The summed E-state index contributed by atoms with van der Waals surface area (Å²) < 4.78 is 11.2. The van der Waals surface area contributed by atoms with Crippen LogP contribution in [-0.2, 0) is 9.53 Å². The minimum Gasteiger partial charge on any atom is -0.490 e. The quantitative estimate of drug-likeness (QED) is 0.651. The van der Waals surface area contributed by atoms with Crippen LogP contribution in [0.3, 0.4) is 0 Å². The van der Waals surface area contributed by atoms with Crippen LogP contribution in [0.25, 0.3) is 0 Å². The zero-order chi connectivity index (χ0) is 24.8. The van der Waals surface area contributed by atoms with Gasteiger partial charge >= 0.3 is 0 Å². The second-order valence-corrected chi connectivity index (χ2v) is 10.4. The molecule has 6 heteroatoms. The molecule has 1 saturated carbocycles. The molecule has 0 aromatic heterocycles. The number of nitrogens with zero attached hydrogens (tertiary/aromatic N) is 2. The predicted octanol–water partition coefficient (Wildman–Crippen LogP) is 3.93. The molecule has 6 nitrogen and oxygen atoms in total. The second-order valence-electron chi connectivity index (χ2n) is 10.4. The average Bonchev–Trinajstić information content (AvgIpc) is 3.05. The summed E-state index contributed by atoms with van der Waals surface area (Å²) in [5, 5.41) is 11.8. The molecule has 1 aliphatic heterocycles. The summed E-state index contributed by atoms with van der Waals surface area (Å²) in [5.74, 6) is 1.26. The number of methoxy groups -OCH3 is 1. The fourth-order valence-electron chi connectivity index (χ4n) is 5.54. The maximum absolute atomic E-state index is 12.7. The lowest BCUT2D eigenvalue weighted by atomic mass is 9.81. The molecule has 1 heterocycles. The van der Waals surface area contributed by atoms with Gasteiger partial charge in [-0.2, -0.15) is 0 Å². The zero-order valence-corrected chi connectivity index (χ0v) is 21.4. The molecule has 1 saturated heterocycles. The Morgan fingerprint density at radius 2 is 1.74 bits per heavy atom. The first kappa shape index (κ1) is 25.7. The minimum atomic E-state index is -1.16. The van der Waals surface area contributed by atoms with Gasteiger partial charge in [0, 0.05) is 32.8 Å². The molecule has 0 radical (unpaired) electrons. The van der Waals surface area contributed by atoms with Crippen molar-refractivity contribution < 1.29 is 19.4 Å². The maximum Gasteiger partial charge on any atom is 0.248 e. The van der Waals surface area contributed by atoms with E-state index < -0.39 is 5.60 Å². The highest BCUT2D eigenvalue weighted by atomic mass is 16.5. The van der Waals surface area contributed by atoms with Gasteiger partial charge in [0.2, 0.25) is 5.91 Å². The Hall–Kier alpha value is -2.41. The van der Waals surface area contributed by atoms with E-state index in [0.29, 0.717) is 25.0 Å². The molecule has 4 rings (SSSR count). The van der Waals surface area contributed by atoms with Crippen molar-refractivity contribution >= 4 is 5.91 Å². The lowest BCUT2D eigenvalue weighted by Crippen LogP contribution is -2.54. The summed E-state index contributed by atoms with van der Waals surface area (Å²) in [6.07, 6.45) is 4.49. The fourth-order valence-corrected chi connectivity index (χ4v) is 5.54. The number of aryl methyl sites for hydroxylation is 2. The highest BCUT2D eigenvalue weighted by Gasteiger charge is 2.40. The average molecular weight is 481 g/mol. The third-order valence-electron chi connectivity index (χ3n) is 7.73. The summed E-state index contributed by atoms with van der Waals surface area (Å²) >= 11 is 0. The minimum absolute atomic E-state index is 0.0241. The molecule has 2 aliphatic rings. The molecule has 1 aliphatic carbocycles. The van der Waals surface area contributed by atoms with Crippen LogP contribution >= 0.6 is 0 Å². The number of aliphatic hydroxyl groups is 1. The van der Waals surface area contributed by atoms with E-state index in [9.17, 15) is 9.90 Å². The molecule has 2 fully saturated rings. The van der Waals surface area contributed by atoms with Gasteiger partial charge < -0.3 is 19.5 Å². The van der Waals surface area contributed by atoms with Gasteiger partial charge in [-0.05, 0) is 74.3 Å². The van der Waals surface area contributed by atoms with Crippen LogP contribution in [0.1, 0.15) is 48.3 Å². The number of β-amino-alcohol motifs (C(OH)–C–C–N with tert-alkyl or cyclic N) is 1. The molecule has 2 aromatic carbocycles. The molecule has 190 valence electrons. The number of hydrogen-bond acceptors (Lipinski definition) is 5. The number of amides is 1. The summed E-state index contributed by atoms with van der Waals surface area (Å²) in [7, 11) is 1.53. The van der Waals surface area contributed by atoms with Crippen LogP contribution in [0.4, 0.5) is 0 Å². The Morgan fingerprint density at radius 1 is 1.00 bits per heavy atom. The first-order valence-corrected chi connectivity index (χ1v) is 12.8. The van der Waals surface area contributed by atoms with Gasteiger partial charge in [0.15, 0.2) is 0 Å². The van der Waals surface area contributed by atoms with Crippen molar-refractivity contribution in [3.8, 4) is 5.75 Å². The van der Waals surface area contributed by atoms with Crippen molar-refractivity contribution in [3.05, 3.63) is 65.2 Å². The number of carbonyl (C=O) groups excluding carboxylic acids is 1. The molecular formula is C29H40N2O4. The summed E-state index contributed by atoms with van der Waals surface area (Å²) in [6.45, 7) is 6.38. The molecule has 35 heavy (non-hydrogen) atoms. The first-order valence-electron chi connectivity index (χ1n) is 12.8. The van der Waals surface area contributed by atoms with Crippen LogP contribution < -0.4 is 4.74 Å². The molecule has 0 unspecified atom stereocenters. The number of carbonyl (C=O) groups is 1.